The summed E-state index contributed by atoms with van der Waals surface area (Å²) in [5.41, 5.74) is -0.798. The molecular weight excluding hydrogens is 270 g/mol. The van der Waals surface area contributed by atoms with E-state index in [1.54, 1.807) is 4.90 Å². The molecule has 2 saturated heterocycles. The number of nitrogens with zero attached hydrogens (tertiary/aromatic N) is 1. The number of hydrogen-bond acceptors (Lipinski definition) is 3. The molecule has 5 unspecified atom stereocenters. The van der Waals surface area contributed by atoms with E-state index in [9.17, 15) is 14.7 Å². The van der Waals surface area contributed by atoms with Crippen LogP contribution in [0.2, 0.25) is 0 Å². The summed E-state index contributed by atoms with van der Waals surface area (Å²) in [5.74, 6) is -0.697. The first kappa shape index (κ1) is 16.3. The van der Waals surface area contributed by atoms with E-state index in [2.05, 4.69) is 0 Å². The summed E-state index contributed by atoms with van der Waals surface area (Å²) in [6.07, 6.45) is 0.518. The molecule has 1 amide bonds. The predicted molar refractivity (Wildman–Crippen MR) is 78.8 cm³/mol. The number of hydrogen-bond donors (Lipinski definition) is 1. The van der Waals surface area contributed by atoms with Crippen molar-refractivity contribution in [2.75, 3.05) is 13.1 Å². The van der Waals surface area contributed by atoms with Gasteiger partial charge in [-0.3, -0.25) is 9.59 Å². The zero-order chi connectivity index (χ0) is 15.9. The zero-order valence-corrected chi connectivity index (χ0v) is 13.6. The van der Waals surface area contributed by atoms with Gasteiger partial charge in [0.1, 0.15) is 0 Å². The molecule has 0 aromatic carbocycles. The lowest BCUT2D eigenvalue weighted by atomic mass is 9.76. The van der Waals surface area contributed by atoms with E-state index >= 15 is 0 Å². The second kappa shape index (κ2) is 5.59. The van der Waals surface area contributed by atoms with Crippen LogP contribution in [-0.2, 0) is 14.3 Å². The van der Waals surface area contributed by atoms with E-state index in [0.29, 0.717) is 19.5 Å². The van der Waals surface area contributed by atoms with Gasteiger partial charge >= 0.3 is 5.97 Å². The topological polar surface area (TPSA) is 66.8 Å². The lowest BCUT2D eigenvalue weighted by Gasteiger charge is -2.30. The average molecular weight is 297 g/mol. The van der Waals surface area contributed by atoms with Gasteiger partial charge in [0.2, 0.25) is 5.91 Å². The van der Waals surface area contributed by atoms with Crippen LogP contribution in [-0.4, -0.2) is 47.2 Å². The van der Waals surface area contributed by atoms with Crippen LogP contribution in [0, 0.1) is 23.2 Å². The largest absolute Gasteiger partial charge is 0.481 e. The molecule has 2 heterocycles. The minimum atomic E-state index is -0.798. The Morgan fingerprint density at radius 2 is 1.86 bits per heavy atom. The monoisotopic (exact) mass is 297 g/mol. The maximum absolute atomic E-state index is 12.8. The molecule has 0 aromatic heterocycles. The molecule has 5 atom stereocenters. The normalized spacial score (nSPS) is 40.0. The summed E-state index contributed by atoms with van der Waals surface area (Å²) in [4.78, 5) is 26.2. The van der Waals surface area contributed by atoms with Crippen molar-refractivity contribution < 1.29 is 19.4 Å². The van der Waals surface area contributed by atoms with E-state index in [1.165, 1.54) is 0 Å². The molecule has 21 heavy (non-hydrogen) atoms. The molecule has 1 N–H and O–H groups in total. The third-order valence-electron chi connectivity index (χ3n) is 5.67. The third-order valence-corrected chi connectivity index (χ3v) is 5.67. The minimum Gasteiger partial charge on any atom is -0.481 e. The molecule has 2 rings (SSSR count). The second-order valence-electron chi connectivity index (χ2n) is 7.06. The highest BCUT2D eigenvalue weighted by atomic mass is 16.5. The van der Waals surface area contributed by atoms with Crippen molar-refractivity contribution in [3.05, 3.63) is 0 Å². The molecule has 0 aromatic rings. The lowest BCUT2D eigenvalue weighted by molar-refractivity contribution is -0.151. The number of carbonyl (C=O) groups is 2. The molecule has 2 aliphatic rings. The van der Waals surface area contributed by atoms with Crippen LogP contribution in [0.5, 0.6) is 0 Å². The summed E-state index contributed by atoms with van der Waals surface area (Å²) in [7, 11) is 0. The van der Waals surface area contributed by atoms with Crippen molar-refractivity contribution in [3.63, 3.8) is 0 Å². The van der Waals surface area contributed by atoms with Crippen molar-refractivity contribution in [2.24, 2.45) is 23.2 Å². The molecule has 0 spiro atoms. The van der Waals surface area contributed by atoms with Gasteiger partial charge in [0.05, 0.1) is 23.5 Å². The highest BCUT2D eigenvalue weighted by Crippen LogP contribution is 2.41. The van der Waals surface area contributed by atoms with Crippen LogP contribution in [0.3, 0.4) is 0 Å². The SMILES string of the molecule is CC1OC(C)C(C(=O)N2CCC(C(=O)O)(C(C)C)C2)C1C. The molecule has 5 heteroatoms. The van der Waals surface area contributed by atoms with Crippen LogP contribution in [0.25, 0.3) is 0 Å². The Morgan fingerprint density at radius 3 is 2.24 bits per heavy atom. The van der Waals surface area contributed by atoms with Gasteiger partial charge < -0.3 is 14.7 Å². The fourth-order valence-corrected chi connectivity index (χ4v) is 3.82. The van der Waals surface area contributed by atoms with Crippen molar-refractivity contribution >= 4 is 11.9 Å². The minimum absolute atomic E-state index is 0.0152. The van der Waals surface area contributed by atoms with Gasteiger partial charge in [0.15, 0.2) is 0 Å². The molecule has 5 nitrogen and oxygen atoms in total. The molecular formula is C16H27NO4. The van der Waals surface area contributed by atoms with Gasteiger partial charge in [-0.1, -0.05) is 20.8 Å². The number of carboxylic acids is 1. The van der Waals surface area contributed by atoms with Crippen molar-refractivity contribution in [3.8, 4) is 0 Å². The molecule has 0 bridgehead atoms. The Kier molecular flexibility index (Phi) is 4.34. The van der Waals surface area contributed by atoms with Crippen molar-refractivity contribution in [1.82, 2.24) is 4.90 Å². The van der Waals surface area contributed by atoms with Crippen molar-refractivity contribution in [1.29, 1.82) is 0 Å². The van der Waals surface area contributed by atoms with Gasteiger partial charge in [-0.2, -0.15) is 0 Å². The quantitative estimate of drug-likeness (QED) is 0.865. The Labute approximate surface area is 126 Å². The molecule has 0 radical (unpaired) electrons. The standard InChI is InChI=1S/C16H27NO4/c1-9(2)16(15(19)20)6-7-17(8-16)14(18)13-10(3)11(4)21-12(13)5/h9-13H,6-8H2,1-5H3,(H,19,20). The van der Waals surface area contributed by atoms with E-state index in [4.69, 9.17) is 4.74 Å². The summed E-state index contributed by atoms with van der Waals surface area (Å²) < 4.78 is 5.75. The lowest BCUT2D eigenvalue weighted by Crippen LogP contribution is -2.44. The summed E-state index contributed by atoms with van der Waals surface area (Å²) in [6.45, 7) is 10.7. The summed E-state index contributed by atoms with van der Waals surface area (Å²) in [5, 5.41) is 9.58. The predicted octanol–water partition coefficient (Wildman–Crippen LogP) is 2.01. The van der Waals surface area contributed by atoms with E-state index in [0.717, 1.165) is 0 Å². The number of likely N-dealkylation sites (tertiary alicyclic amines) is 1. The van der Waals surface area contributed by atoms with Crippen LogP contribution in [0.1, 0.15) is 41.0 Å². The molecule has 120 valence electrons. The second-order valence-corrected chi connectivity index (χ2v) is 7.06. The van der Waals surface area contributed by atoms with Crippen LogP contribution in [0.4, 0.5) is 0 Å². The molecule has 2 aliphatic heterocycles. The number of rotatable bonds is 3. The third kappa shape index (κ3) is 2.56. The highest BCUT2D eigenvalue weighted by Gasteiger charge is 2.51. The highest BCUT2D eigenvalue weighted by molar-refractivity contribution is 5.83. The van der Waals surface area contributed by atoms with E-state index < -0.39 is 11.4 Å². The Bertz CT molecular complexity index is 436. The number of aliphatic carboxylic acids is 1. The summed E-state index contributed by atoms with van der Waals surface area (Å²) in [6, 6.07) is 0. The molecule has 2 fully saturated rings. The Morgan fingerprint density at radius 1 is 1.24 bits per heavy atom. The van der Waals surface area contributed by atoms with Crippen LogP contribution in [0.15, 0.2) is 0 Å². The number of carboxylic acid groups (broad SMARTS) is 1. The van der Waals surface area contributed by atoms with E-state index in [-0.39, 0.29) is 35.9 Å². The van der Waals surface area contributed by atoms with Gasteiger partial charge in [-0.15, -0.1) is 0 Å². The van der Waals surface area contributed by atoms with Gasteiger partial charge in [-0.05, 0) is 32.1 Å². The van der Waals surface area contributed by atoms with Crippen molar-refractivity contribution in [2.45, 2.75) is 53.2 Å². The van der Waals surface area contributed by atoms with Crippen LogP contribution >= 0.6 is 0 Å². The maximum atomic E-state index is 12.8. The van der Waals surface area contributed by atoms with Gasteiger partial charge in [0, 0.05) is 13.1 Å². The van der Waals surface area contributed by atoms with Gasteiger partial charge in [0.25, 0.3) is 0 Å². The summed E-state index contributed by atoms with van der Waals surface area (Å²) >= 11 is 0. The first-order valence-electron chi connectivity index (χ1n) is 7.88. The average Bonchev–Trinajstić information content (AvgIpc) is 2.93. The maximum Gasteiger partial charge on any atom is 0.311 e. The fourth-order valence-electron chi connectivity index (χ4n) is 3.82. The first-order chi connectivity index (χ1) is 9.70. The molecule has 0 aliphatic carbocycles. The number of ether oxygens (including phenoxy) is 1. The number of carbonyl (C=O) groups excluding carboxylic acids is 1. The van der Waals surface area contributed by atoms with Gasteiger partial charge in [-0.25, -0.2) is 0 Å². The Balaban J connectivity index is 2.14. The fraction of sp³-hybridized carbons (Fsp3) is 0.875. The van der Waals surface area contributed by atoms with Crippen LogP contribution < -0.4 is 0 Å². The smallest absolute Gasteiger partial charge is 0.311 e. The van der Waals surface area contributed by atoms with E-state index in [1.807, 2.05) is 34.6 Å². The Hall–Kier alpha value is -1.10. The molecule has 0 saturated carbocycles. The number of amides is 1. The first-order valence-corrected chi connectivity index (χ1v) is 7.88. The zero-order valence-electron chi connectivity index (χ0n) is 13.6.